The summed E-state index contributed by atoms with van der Waals surface area (Å²) in [5, 5.41) is 11.9. The first kappa shape index (κ1) is 19.5. The predicted octanol–water partition coefficient (Wildman–Crippen LogP) is 4.11. The summed E-state index contributed by atoms with van der Waals surface area (Å²) in [5.41, 5.74) is 10.8. The third kappa shape index (κ3) is 2.91. The van der Waals surface area contributed by atoms with Crippen LogP contribution in [0.25, 0.3) is 21.2 Å². The molecule has 0 fully saturated rings. The van der Waals surface area contributed by atoms with Crippen molar-refractivity contribution in [2.75, 3.05) is 4.90 Å². The van der Waals surface area contributed by atoms with E-state index in [1.165, 1.54) is 4.90 Å². The van der Waals surface area contributed by atoms with Crippen molar-refractivity contribution in [1.29, 1.82) is 0 Å². The van der Waals surface area contributed by atoms with Crippen molar-refractivity contribution in [1.82, 2.24) is 15.2 Å². The number of amides is 1. The van der Waals surface area contributed by atoms with Crippen LogP contribution in [0.15, 0.2) is 76.9 Å². The van der Waals surface area contributed by atoms with Crippen molar-refractivity contribution in [2.24, 2.45) is 5.11 Å². The van der Waals surface area contributed by atoms with Crippen molar-refractivity contribution in [3.63, 3.8) is 0 Å². The Bertz CT molecular complexity index is 1490. The standard InChI is InChI=1S/C23H17N7O2/c1-23(28-29-24)18-8-4-5-9-20(18)30(22(23)32)15-10-14(12-25-13-15)11-19-16-6-2-3-7-17(16)21(31)27-26-19/h2-10,12-13H,11H2,1H3,(H,27,31). The SMILES string of the molecule is CC1(N=[N+]=[N-])C(=O)N(c2cncc(Cc3n[nH]c(=O)c4ccccc34)c2)c2ccccc21. The van der Waals surface area contributed by atoms with Gasteiger partial charge in [0.25, 0.3) is 5.56 Å². The highest BCUT2D eigenvalue weighted by Gasteiger charge is 2.47. The fraction of sp³-hybridized carbons (Fsp3) is 0.130. The Kier molecular flexibility index (Phi) is 4.46. The van der Waals surface area contributed by atoms with Crippen LogP contribution in [-0.4, -0.2) is 21.1 Å². The zero-order valence-electron chi connectivity index (χ0n) is 17.1. The summed E-state index contributed by atoms with van der Waals surface area (Å²) in [6.45, 7) is 1.61. The monoisotopic (exact) mass is 423 g/mol. The molecule has 9 nitrogen and oxygen atoms in total. The summed E-state index contributed by atoms with van der Waals surface area (Å²) in [6.07, 6.45) is 3.71. The minimum absolute atomic E-state index is 0.243. The molecule has 0 radical (unpaired) electrons. The van der Waals surface area contributed by atoms with Gasteiger partial charge in [-0.3, -0.25) is 19.5 Å². The Hall–Kier alpha value is -4.49. The van der Waals surface area contributed by atoms with Gasteiger partial charge >= 0.3 is 0 Å². The van der Waals surface area contributed by atoms with E-state index in [0.717, 1.165) is 10.9 Å². The Morgan fingerprint density at radius 2 is 1.84 bits per heavy atom. The molecule has 1 aliphatic heterocycles. The number of nitrogens with one attached hydrogen (secondary N) is 1. The number of benzene rings is 2. The molecule has 156 valence electrons. The fourth-order valence-electron chi connectivity index (χ4n) is 4.16. The lowest BCUT2D eigenvalue weighted by Gasteiger charge is -2.20. The first-order valence-electron chi connectivity index (χ1n) is 9.93. The third-order valence-corrected chi connectivity index (χ3v) is 5.72. The molecule has 9 heteroatoms. The quantitative estimate of drug-likeness (QED) is 0.301. The predicted molar refractivity (Wildman–Crippen MR) is 119 cm³/mol. The second-order valence-electron chi connectivity index (χ2n) is 7.69. The van der Waals surface area contributed by atoms with Crippen molar-refractivity contribution >= 4 is 28.1 Å². The van der Waals surface area contributed by atoms with Crippen LogP contribution in [0.4, 0.5) is 11.4 Å². The number of nitrogens with zero attached hydrogens (tertiary/aromatic N) is 6. The Labute approximate surface area is 182 Å². The van der Waals surface area contributed by atoms with Gasteiger partial charge in [-0.05, 0) is 41.8 Å². The van der Waals surface area contributed by atoms with Crippen LogP contribution in [0.5, 0.6) is 0 Å². The third-order valence-electron chi connectivity index (χ3n) is 5.72. The smallest absolute Gasteiger partial charge is 0.272 e. The van der Waals surface area contributed by atoms with E-state index in [4.69, 9.17) is 5.53 Å². The zero-order chi connectivity index (χ0) is 22.3. The van der Waals surface area contributed by atoms with E-state index in [2.05, 4.69) is 25.2 Å². The van der Waals surface area contributed by atoms with Crippen LogP contribution < -0.4 is 10.5 Å². The molecule has 0 aliphatic carbocycles. The Balaban J connectivity index is 1.57. The molecule has 1 unspecified atom stereocenters. The molecule has 0 saturated carbocycles. The lowest BCUT2D eigenvalue weighted by molar-refractivity contribution is -0.121. The normalized spacial score (nSPS) is 17.3. The Morgan fingerprint density at radius 1 is 1.09 bits per heavy atom. The van der Waals surface area contributed by atoms with E-state index in [0.29, 0.717) is 34.4 Å². The Morgan fingerprint density at radius 3 is 2.66 bits per heavy atom. The molecule has 1 amide bonds. The summed E-state index contributed by atoms with van der Waals surface area (Å²) < 4.78 is 0. The number of carbonyl (C=O) groups is 1. The number of carbonyl (C=O) groups excluding carboxylic acids is 1. The average Bonchev–Trinajstić information content (AvgIpc) is 3.03. The van der Waals surface area contributed by atoms with E-state index in [1.54, 1.807) is 37.5 Å². The first-order chi connectivity index (χ1) is 15.5. The van der Waals surface area contributed by atoms with Crippen LogP contribution in [0.2, 0.25) is 0 Å². The minimum atomic E-state index is -1.34. The summed E-state index contributed by atoms with van der Waals surface area (Å²) in [5.74, 6) is -0.344. The van der Waals surface area contributed by atoms with Crippen LogP contribution in [0.1, 0.15) is 23.7 Å². The second-order valence-corrected chi connectivity index (χ2v) is 7.69. The van der Waals surface area contributed by atoms with Gasteiger partial charge in [0, 0.05) is 22.9 Å². The van der Waals surface area contributed by atoms with Gasteiger partial charge < -0.3 is 0 Å². The zero-order valence-corrected chi connectivity index (χ0v) is 17.1. The fourth-order valence-corrected chi connectivity index (χ4v) is 4.16. The molecule has 0 saturated heterocycles. The van der Waals surface area contributed by atoms with Crippen LogP contribution in [0.3, 0.4) is 0 Å². The average molecular weight is 423 g/mol. The lowest BCUT2D eigenvalue weighted by Crippen LogP contribution is -2.34. The highest BCUT2D eigenvalue weighted by Crippen LogP contribution is 2.46. The van der Waals surface area contributed by atoms with Gasteiger partial charge in [-0.25, -0.2) is 5.10 Å². The van der Waals surface area contributed by atoms with Gasteiger partial charge in [0.05, 0.1) is 28.7 Å². The first-order valence-corrected chi connectivity index (χ1v) is 9.93. The van der Waals surface area contributed by atoms with Crippen molar-refractivity contribution in [3.05, 3.63) is 105 Å². The van der Waals surface area contributed by atoms with Gasteiger partial charge in [-0.2, -0.15) is 5.10 Å². The van der Waals surface area contributed by atoms with Gasteiger partial charge in [0.15, 0.2) is 5.54 Å². The van der Waals surface area contributed by atoms with Crippen molar-refractivity contribution < 1.29 is 4.79 Å². The van der Waals surface area contributed by atoms with Crippen molar-refractivity contribution in [3.8, 4) is 0 Å². The molecule has 0 bridgehead atoms. The van der Waals surface area contributed by atoms with Gasteiger partial charge in [-0.15, -0.1) is 0 Å². The molecule has 3 heterocycles. The maximum Gasteiger partial charge on any atom is 0.272 e. The number of para-hydroxylation sites is 1. The molecule has 4 aromatic rings. The summed E-state index contributed by atoms with van der Waals surface area (Å²) in [6, 6.07) is 16.4. The molecule has 5 rings (SSSR count). The second kappa shape index (κ2) is 7.33. The topological polar surface area (TPSA) is 128 Å². The molecule has 2 aromatic carbocycles. The van der Waals surface area contributed by atoms with E-state index in [1.807, 2.05) is 36.4 Å². The molecular weight excluding hydrogens is 406 g/mol. The number of aromatic amines is 1. The van der Waals surface area contributed by atoms with Gasteiger partial charge in [0.1, 0.15) is 0 Å². The van der Waals surface area contributed by atoms with Gasteiger partial charge in [0.2, 0.25) is 5.91 Å². The van der Waals surface area contributed by atoms with E-state index < -0.39 is 5.54 Å². The number of hydrogen-bond acceptors (Lipinski definition) is 5. The minimum Gasteiger partial charge on any atom is -0.278 e. The molecular formula is C23H17N7O2. The maximum atomic E-state index is 13.3. The lowest BCUT2D eigenvalue weighted by atomic mass is 9.95. The number of azide groups is 1. The molecule has 0 spiro atoms. The number of aromatic nitrogens is 3. The summed E-state index contributed by atoms with van der Waals surface area (Å²) in [7, 11) is 0. The number of rotatable bonds is 4. The van der Waals surface area contributed by atoms with Gasteiger partial charge in [-0.1, -0.05) is 41.5 Å². The van der Waals surface area contributed by atoms with E-state index in [-0.39, 0.29) is 11.5 Å². The number of anilines is 2. The highest BCUT2D eigenvalue weighted by molar-refractivity contribution is 6.12. The van der Waals surface area contributed by atoms with E-state index in [9.17, 15) is 9.59 Å². The summed E-state index contributed by atoms with van der Waals surface area (Å²) >= 11 is 0. The number of hydrogen-bond donors (Lipinski definition) is 1. The molecule has 1 aliphatic rings. The number of H-pyrrole nitrogens is 1. The van der Waals surface area contributed by atoms with Crippen molar-refractivity contribution in [2.45, 2.75) is 18.9 Å². The van der Waals surface area contributed by atoms with Crippen LogP contribution >= 0.6 is 0 Å². The molecule has 2 aromatic heterocycles. The summed E-state index contributed by atoms with van der Waals surface area (Å²) in [4.78, 5) is 34.2. The maximum absolute atomic E-state index is 13.3. The molecule has 1 atom stereocenters. The molecule has 1 N–H and O–H groups in total. The largest absolute Gasteiger partial charge is 0.278 e. The molecule has 32 heavy (non-hydrogen) atoms. The number of fused-ring (bicyclic) bond motifs is 2. The highest BCUT2D eigenvalue weighted by atomic mass is 16.2. The van der Waals surface area contributed by atoms with Crippen LogP contribution in [0, 0.1) is 0 Å². The van der Waals surface area contributed by atoms with Crippen LogP contribution in [-0.2, 0) is 16.8 Å². The van der Waals surface area contributed by atoms with E-state index >= 15 is 0 Å². The number of pyridine rings is 1.